The molecule has 0 fully saturated rings. The Bertz CT molecular complexity index is 23.7. The van der Waals surface area contributed by atoms with Gasteiger partial charge in [0.05, 0.1) is 0 Å². The van der Waals surface area contributed by atoms with Crippen LogP contribution in [0.15, 0.2) is 0 Å². The number of hydrogen-bond donors (Lipinski definition) is 0. The predicted molar refractivity (Wildman–Crippen MR) is 44.1 cm³/mol. The van der Waals surface area contributed by atoms with Crippen molar-refractivity contribution < 1.29 is 0 Å². The van der Waals surface area contributed by atoms with E-state index in [1.165, 1.54) is 5.25 Å². The molecule has 0 radical (unpaired) electrons. The Labute approximate surface area is 66.5 Å². The van der Waals surface area contributed by atoms with Gasteiger partial charge in [0, 0.05) is 0 Å². The molecule has 0 aliphatic rings. The first-order valence-electron chi connectivity index (χ1n) is 2.27. The summed E-state index contributed by atoms with van der Waals surface area (Å²) < 4.78 is 0. The smallest absolute Gasteiger partial charge is 0.147 e. The fourth-order valence-corrected chi connectivity index (χ4v) is 0. The minimum atomic E-state index is 0. The summed E-state index contributed by atoms with van der Waals surface area (Å²) in [6.07, 6.45) is 0. The summed E-state index contributed by atoms with van der Waals surface area (Å²) in [5, 5.41) is 1.49. The summed E-state index contributed by atoms with van der Waals surface area (Å²) in [6, 6.07) is 0. The molecule has 0 amide bonds. The van der Waals surface area contributed by atoms with Crippen LogP contribution in [0.5, 0.6) is 0 Å². The van der Waals surface area contributed by atoms with Gasteiger partial charge in [0.1, 0.15) is 0 Å². The molecular weight excluding hydrogens is 192 g/mol. The molecule has 0 aliphatic heterocycles. The van der Waals surface area contributed by atoms with Gasteiger partial charge in [-0.2, -0.15) is 0 Å². The second-order valence-electron chi connectivity index (χ2n) is 1.80. The molecule has 0 nitrogen and oxygen atoms in total. The molecule has 0 unspecified atom stereocenters. The monoisotopic (exact) mass is 206 g/mol. The average Bonchev–Trinajstić information content (AvgIpc) is 1.38. The minimum absolute atomic E-state index is 0. The maximum Gasteiger partial charge on any atom is -0.147 e. The Morgan fingerprint density at radius 1 is 1.29 bits per heavy atom. The van der Waals surface area contributed by atoms with Crippen molar-refractivity contribution in [3.63, 3.8) is 0 Å². The van der Waals surface area contributed by atoms with E-state index in [-0.39, 0.29) is 24.8 Å². The largest absolute Gasteiger partial charge is 0.147 e. The Balaban J connectivity index is -0.0000000800. The molecule has 48 valence electrons. The summed E-state index contributed by atoms with van der Waals surface area (Å²) in [6.45, 7) is 4.54. The van der Waals surface area contributed by atoms with Crippen molar-refractivity contribution in [2.75, 3.05) is 0 Å². The maximum absolute atomic E-state index is 2.27. The molecule has 3 heteroatoms. The van der Waals surface area contributed by atoms with Crippen LogP contribution < -0.4 is 0 Å². The number of halogens is 2. The van der Waals surface area contributed by atoms with Crippen molar-refractivity contribution in [2.45, 2.75) is 19.1 Å². The van der Waals surface area contributed by atoms with Crippen LogP contribution in [0.25, 0.3) is 0 Å². The molecule has 7 heavy (non-hydrogen) atoms. The molecule has 0 aliphatic carbocycles. The molecule has 0 aromatic carbocycles. The van der Waals surface area contributed by atoms with Gasteiger partial charge in [-0.1, -0.05) is 0 Å². The van der Waals surface area contributed by atoms with E-state index in [0.29, 0.717) is 0 Å². The van der Waals surface area contributed by atoms with Crippen LogP contribution in [0.3, 0.4) is 0 Å². The van der Waals surface area contributed by atoms with Gasteiger partial charge < -0.3 is 0 Å². The Kier molecular flexibility index (Phi) is 22.8. The molecular formula is C4H14Cl2Ge. The van der Waals surface area contributed by atoms with Crippen molar-refractivity contribution in [1.82, 2.24) is 0 Å². The Morgan fingerprint density at radius 2 is 1.43 bits per heavy atom. The van der Waals surface area contributed by atoms with Gasteiger partial charge in [-0.25, -0.2) is 0 Å². The van der Waals surface area contributed by atoms with Gasteiger partial charge in [-0.15, -0.1) is 24.8 Å². The van der Waals surface area contributed by atoms with Crippen LogP contribution >= 0.6 is 24.8 Å². The van der Waals surface area contributed by atoms with Crippen LogP contribution in [-0.4, -0.2) is 16.5 Å². The molecule has 0 rings (SSSR count). The second-order valence-corrected chi connectivity index (χ2v) is 3.52. The Hall–Kier alpha value is 1.12. The van der Waals surface area contributed by atoms with Crippen LogP contribution in [0.4, 0.5) is 0 Å². The molecule has 0 heterocycles. The van der Waals surface area contributed by atoms with E-state index in [0.717, 1.165) is 22.4 Å². The van der Waals surface area contributed by atoms with Crippen LogP contribution in [0.2, 0.25) is 5.25 Å². The number of rotatable bonds is 1. The van der Waals surface area contributed by atoms with Crippen molar-refractivity contribution in [3.8, 4) is 0 Å². The summed E-state index contributed by atoms with van der Waals surface area (Å²) in [7, 11) is 0. The first-order valence-corrected chi connectivity index (χ1v) is 5.24. The zero-order chi connectivity index (χ0) is 4.28. The van der Waals surface area contributed by atoms with Crippen LogP contribution in [0.1, 0.15) is 13.8 Å². The van der Waals surface area contributed by atoms with Gasteiger partial charge >= 0.3 is 41.5 Å². The summed E-state index contributed by atoms with van der Waals surface area (Å²) in [4.78, 5) is 0. The van der Waals surface area contributed by atoms with Crippen molar-refractivity contribution in [1.29, 1.82) is 0 Å². The third-order valence-corrected chi connectivity index (χ3v) is 4.24. The molecule has 0 atom stereocenters. The normalized spacial score (nSPS) is 7.29. The van der Waals surface area contributed by atoms with E-state index >= 15 is 0 Å². The summed E-state index contributed by atoms with van der Waals surface area (Å²) >= 11 is 1.08. The van der Waals surface area contributed by atoms with Crippen LogP contribution in [-0.2, 0) is 0 Å². The molecule has 0 N–H and O–H groups in total. The fourth-order valence-electron chi connectivity index (χ4n) is 0. The zero-order valence-electron chi connectivity index (χ0n) is 5.10. The SMILES string of the molecule is CC(C)[CH2][GeH3].Cl.Cl. The summed E-state index contributed by atoms with van der Waals surface area (Å²) in [5.74, 6) is 0.968. The van der Waals surface area contributed by atoms with Crippen molar-refractivity contribution in [2.24, 2.45) is 5.92 Å². The third-order valence-electron chi connectivity index (χ3n) is 0.816. The van der Waals surface area contributed by atoms with Crippen LogP contribution in [0, 0.1) is 5.92 Å². The van der Waals surface area contributed by atoms with Gasteiger partial charge in [0.2, 0.25) is 0 Å². The molecule has 0 bridgehead atoms. The van der Waals surface area contributed by atoms with E-state index in [9.17, 15) is 0 Å². The first-order chi connectivity index (χ1) is 2.27. The predicted octanol–water partition coefficient (Wildman–Crippen LogP) is 1.27. The first kappa shape index (κ1) is 15.7. The van der Waals surface area contributed by atoms with Crippen molar-refractivity contribution in [3.05, 3.63) is 0 Å². The number of hydrogen-bond acceptors (Lipinski definition) is 0. The molecule has 0 saturated carbocycles. The van der Waals surface area contributed by atoms with Gasteiger partial charge in [0.15, 0.2) is 0 Å². The van der Waals surface area contributed by atoms with E-state index in [2.05, 4.69) is 13.8 Å². The quantitative estimate of drug-likeness (QED) is 0.566. The van der Waals surface area contributed by atoms with E-state index in [4.69, 9.17) is 0 Å². The van der Waals surface area contributed by atoms with E-state index in [1.807, 2.05) is 0 Å². The minimum Gasteiger partial charge on any atom is -0.147 e. The molecule has 0 aromatic heterocycles. The van der Waals surface area contributed by atoms with Crippen molar-refractivity contribution >= 4 is 41.3 Å². The van der Waals surface area contributed by atoms with Gasteiger partial charge in [-0.3, -0.25) is 0 Å². The Morgan fingerprint density at radius 3 is 1.43 bits per heavy atom. The molecule has 0 saturated heterocycles. The third kappa shape index (κ3) is 19.2. The van der Waals surface area contributed by atoms with Gasteiger partial charge in [-0.05, 0) is 0 Å². The van der Waals surface area contributed by atoms with Gasteiger partial charge in [0.25, 0.3) is 0 Å². The molecule has 0 aromatic rings. The fraction of sp³-hybridized carbons (Fsp3) is 1.00. The second kappa shape index (κ2) is 10.2. The summed E-state index contributed by atoms with van der Waals surface area (Å²) in [5.41, 5.74) is 0. The standard InChI is InChI=1S/C4H12Ge.2ClH/c1-4(2)3-5;;/h4H,3H2,1-2,5H3;2*1H. The van der Waals surface area contributed by atoms with E-state index in [1.54, 1.807) is 0 Å². The topological polar surface area (TPSA) is 0 Å². The molecule has 0 spiro atoms. The van der Waals surface area contributed by atoms with E-state index < -0.39 is 0 Å². The maximum atomic E-state index is 2.27. The zero-order valence-corrected chi connectivity index (χ0v) is 10.9. The average molecular weight is 206 g/mol.